The third kappa shape index (κ3) is 5.71. The molecule has 0 aliphatic carbocycles. The van der Waals surface area contributed by atoms with Crippen molar-refractivity contribution in [2.24, 2.45) is 0 Å². The highest BCUT2D eigenvalue weighted by Gasteiger charge is 2.12. The van der Waals surface area contributed by atoms with Gasteiger partial charge in [-0.3, -0.25) is 0 Å². The van der Waals surface area contributed by atoms with E-state index in [4.69, 9.17) is 4.74 Å². The maximum Gasteiger partial charge on any atom is 0.319 e. The number of rotatable bonds is 7. The van der Waals surface area contributed by atoms with Crippen molar-refractivity contribution in [2.45, 2.75) is 13.0 Å². The van der Waals surface area contributed by atoms with Crippen molar-refractivity contribution < 1.29 is 19.7 Å². The Morgan fingerprint density at radius 2 is 1.45 bits per heavy atom. The Hall–Kier alpha value is -4.97. The van der Waals surface area contributed by atoms with Crippen molar-refractivity contribution in [1.29, 1.82) is 0 Å². The second-order valence-electron chi connectivity index (χ2n) is 9.07. The lowest BCUT2D eigenvalue weighted by molar-refractivity contribution is 0.251. The van der Waals surface area contributed by atoms with E-state index in [1.54, 1.807) is 55.6 Å². The lowest BCUT2D eigenvalue weighted by Crippen LogP contribution is -2.28. The summed E-state index contributed by atoms with van der Waals surface area (Å²) in [5.74, 6) is 1.18. The molecule has 0 saturated carbocycles. The number of nitrogens with one attached hydrogen (secondary N) is 2. The zero-order valence-corrected chi connectivity index (χ0v) is 20.9. The second-order valence-corrected chi connectivity index (χ2v) is 9.07. The first-order chi connectivity index (χ1) is 18.5. The highest BCUT2D eigenvalue weighted by molar-refractivity contribution is 5.93. The molecule has 0 aliphatic heterocycles. The minimum atomic E-state index is -0.281. The summed E-state index contributed by atoms with van der Waals surface area (Å²) >= 11 is 0. The number of phenolic OH excluding ortho intramolecular Hbond substituents is 2. The number of carbonyl (C=O) groups excluding carboxylic acids is 1. The van der Waals surface area contributed by atoms with Crippen LogP contribution in [0.25, 0.3) is 21.9 Å². The Labute approximate surface area is 221 Å². The fourth-order valence-electron chi connectivity index (χ4n) is 4.49. The van der Waals surface area contributed by atoms with Gasteiger partial charge in [-0.15, -0.1) is 0 Å². The van der Waals surface area contributed by atoms with Crippen molar-refractivity contribution in [1.82, 2.24) is 5.32 Å². The number of hydrogen-bond donors (Lipinski definition) is 4. The van der Waals surface area contributed by atoms with E-state index in [0.717, 1.165) is 44.3 Å². The molecule has 2 amide bonds. The van der Waals surface area contributed by atoms with Crippen molar-refractivity contribution in [3.63, 3.8) is 0 Å². The molecule has 0 bridgehead atoms. The first-order valence-corrected chi connectivity index (χ1v) is 12.3. The van der Waals surface area contributed by atoms with Gasteiger partial charge in [0.25, 0.3) is 0 Å². The van der Waals surface area contributed by atoms with Gasteiger partial charge in [0.05, 0.1) is 7.11 Å². The number of benzene rings is 5. The molecule has 4 N–H and O–H groups in total. The molecule has 0 fully saturated rings. The van der Waals surface area contributed by atoms with Crippen LogP contribution in [0.3, 0.4) is 0 Å². The fraction of sp³-hybridized carbons (Fsp3) is 0.0938. The molecule has 0 aliphatic rings. The number of ether oxygens (including phenoxy) is 1. The zero-order valence-electron chi connectivity index (χ0n) is 20.9. The average molecular weight is 505 g/mol. The van der Waals surface area contributed by atoms with Crippen LogP contribution in [0.4, 0.5) is 10.5 Å². The van der Waals surface area contributed by atoms with Gasteiger partial charge in [-0.25, -0.2) is 4.79 Å². The first-order valence-electron chi connectivity index (χ1n) is 12.3. The third-order valence-corrected chi connectivity index (χ3v) is 6.50. The standard InChI is InChI=1S/C32H28N2O4/c1-38-28-14-9-25(10-15-28)34-32(37)33-20-22-4-2-21(3-5-22)18-31-29(23-6-11-26(35)12-7-23)16-8-24-19-27(36)13-17-30(24)31/h2-17,19,35-36H,18,20H2,1H3,(H2,33,34,37). The van der Waals surface area contributed by atoms with E-state index in [0.29, 0.717) is 18.7 Å². The van der Waals surface area contributed by atoms with Crippen LogP contribution >= 0.6 is 0 Å². The largest absolute Gasteiger partial charge is 0.508 e. The minimum absolute atomic E-state index is 0.225. The number of phenols is 2. The van der Waals surface area contributed by atoms with E-state index in [1.165, 1.54) is 0 Å². The van der Waals surface area contributed by atoms with Gasteiger partial charge >= 0.3 is 6.03 Å². The summed E-state index contributed by atoms with van der Waals surface area (Å²) in [6.07, 6.45) is 0.685. The summed E-state index contributed by atoms with van der Waals surface area (Å²) in [4.78, 5) is 12.3. The van der Waals surface area contributed by atoms with Crippen molar-refractivity contribution >= 4 is 22.5 Å². The predicted molar refractivity (Wildman–Crippen MR) is 151 cm³/mol. The maximum absolute atomic E-state index is 12.3. The molecule has 0 atom stereocenters. The molecule has 0 spiro atoms. The fourth-order valence-corrected chi connectivity index (χ4v) is 4.49. The molecule has 0 unspecified atom stereocenters. The molecule has 190 valence electrons. The first kappa shape index (κ1) is 24.7. The van der Waals surface area contributed by atoms with Crippen LogP contribution in [0.1, 0.15) is 16.7 Å². The van der Waals surface area contributed by atoms with Crippen molar-refractivity contribution in [3.05, 3.63) is 120 Å². The SMILES string of the molecule is COc1ccc(NC(=O)NCc2ccc(Cc3c(-c4ccc(O)cc4)ccc4cc(O)ccc34)cc2)cc1. The highest BCUT2D eigenvalue weighted by atomic mass is 16.5. The number of hydrogen-bond acceptors (Lipinski definition) is 4. The molecular weight excluding hydrogens is 476 g/mol. The van der Waals surface area contributed by atoms with Gasteiger partial charge in [0.2, 0.25) is 0 Å². The summed E-state index contributed by atoms with van der Waals surface area (Å²) in [6.45, 7) is 0.397. The molecular formula is C32H28N2O4. The van der Waals surface area contributed by atoms with Gasteiger partial charge < -0.3 is 25.6 Å². The third-order valence-electron chi connectivity index (χ3n) is 6.50. The molecule has 5 rings (SSSR count). The van der Waals surface area contributed by atoms with E-state index in [-0.39, 0.29) is 17.5 Å². The molecule has 0 aromatic heterocycles. The van der Waals surface area contributed by atoms with Crippen LogP contribution in [-0.4, -0.2) is 23.4 Å². The summed E-state index contributed by atoms with van der Waals surface area (Å²) in [6, 6.07) is 31.7. The van der Waals surface area contributed by atoms with Gasteiger partial charge in [0.1, 0.15) is 17.2 Å². The average Bonchev–Trinajstić information content (AvgIpc) is 2.93. The number of amides is 2. The number of urea groups is 1. The summed E-state index contributed by atoms with van der Waals surface area (Å²) in [5, 5.41) is 27.5. The molecule has 5 aromatic rings. The molecule has 6 heteroatoms. The predicted octanol–water partition coefficient (Wildman–Crippen LogP) is 6.84. The maximum atomic E-state index is 12.3. The zero-order chi connectivity index (χ0) is 26.5. The Balaban J connectivity index is 1.31. The minimum Gasteiger partial charge on any atom is -0.508 e. The molecule has 5 aromatic carbocycles. The van der Waals surface area contributed by atoms with Crippen LogP contribution in [-0.2, 0) is 13.0 Å². The van der Waals surface area contributed by atoms with Gasteiger partial charge in [-0.2, -0.15) is 0 Å². The van der Waals surface area contributed by atoms with Crippen LogP contribution in [0.5, 0.6) is 17.2 Å². The van der Waals surface area contributed by atoms with Gasteiger partial charge in [0.15, 0.2) is 0 Å². The van der Waals surface area contributed by atoms with Crippen LogP contribution in [0, 0.1) is 0 Å². The monoisotopic (exact) mass is 504 g/mol. The smallest absolute Gasteiger partial charge is 0.319 e. The molecule has 0 heterocycles. The molecule has 0 radical (unpaired) electrons. The number of anilines is 1. The van der Waals surface area contributed by atoms with Crippen molar-refractivity contribution in [3.8, 4) is 28.4 Å². The van der Waals surface area contributed by atoms with E-state index in [2.05, 4.69) is 28.8 Å². The highest BCUT2D eigenvalue weighted by Crippen LogP contribution is 2.34. The number of fused-ring (bicyclic) bond motifs is 1. The van der Waals surface area contributed by atoms with E-state index >= 15 is 0 Å². The topological polar surface area (TPSA) is 90.8 Å². The number of aromatic hydroxyl groups is 2. The Bertz CT molecular complexity index is 1560. The van der Waals surface area contributed by atoms with Crippen molar-refractivity contribution in [2.75, 3.05) is 12.4 Å². The van der Waals surface area contributed by atoms with Crippen LogP contribution in [0.15, 0.2) is 103 Å². The van der Waals surface area contributed by atoms with Gasteiger partial charge in [0, 0.05) is 12.2 Å². The number of carbonyl (C=O) groups is 1. The lowest BCUT2D eigenvalue weighted by atomic mass is 9.90. The Morgan fingerprint density at radius 3 is 2.16 bits per heavy atom. The van der Waals surface area contributed by atoms with Gasteiger partial charge in [-0.05, 0) is 93.5 Å². The van der Waals surface area contributed by atoms with Crippen LogP contribution in [0.2, 0.25) is 0 Å². The van der Waals surface area contributed by atoms with E-state index in [9.17, 15) is 15.0 Å². The summed E-state index contributed by atoms with van der Waals surface area (Å²) < 4.78 is 5.14. The quantitative estimate of drug-likeness (QED) is 0.195. The summed E-state index contributed by atoms with van der Waals surface area (Å²) in [7, 11) is 1.60. The van der Waals surface area contributed by atoms with E-state index in [1.807, 2.05) is 36.4 Å². The second kappa shape index (κ2) is 11.0. The molecule has 6 nitrogen and oxygen atoms in total. The van der Waals surface area contributed by atoms with Crippen LogP contribution < -0.4 is 15.4 Å². The Morgan fingerprint density at radius 1 is 0.763 bits per heavy atom. The van der Waals surface area contributed by atoms with E-state index < -0.39 is 0 Å². The lowest BCUT2D eigenvalue weighted by Gasteiger charge is -2.15. The number of methoxy groups -OCH3 is 1. The molecule has 0 saturated heterocycles. The Kier molecular flexibility index (Phi) is 7.13. The normalized spacial score (nSPS) is 10.8. The summed E-state index contributed by atoms with van der Waals surface area (Å²) in [5.41, 5.74) is 6.02. The molecule has 38 heavy (non-hydrogen) atoms. The van der Waals surface area contributed by atoms with Gasteiger partial charge in [-0.1, -0.05) is 54.6 Å².